The first-order chi connectivity index (χ1) is 9.83. The van der Waals surface area contributed by atoms with Crippen LogP contribution in [0.3, 0.4) is 0 Å². The molecule has 20 heavy (non-hydrogen) atoms. The number of likely N-dealkylation sites (tertiary alicyclic amines) is 1. The maximum absolute atomic E-state index is 12.0. The second kappa shape index (κ2) is 6.37. The van der Waals surface area contributed by atoms with Gasteiger partial charge in [0.2, 0.25) is 0 Å². The quantitative estimate of drug-likeness (QED) is 0.818. The van der Waals surface area contributed by atoms with Gasteiger partial charge in [-0.25, -0.2) is 0 Å². The Balaban J connectivity index is 1.52. The molecule has 1 saturated heterocycles. The van der Waals surface area contributed by atoms with Crippen LogP contribution in [-0.4, -0.2) is 38.7 Å². The molecule has 4 heteroatoms. The van der Waals surface area contributed by atoms with Crippen LogP contribution in [0.4, 0.5) is 0 Å². The number of nitrogens with one attached hydrogen (secondary N) is 2. The van der Waals surface area contributed by atoms with Crippen LogP contribution < -0.4 is 10.2 Å². The number of carbonyl (C=O) groups is 1. The van der Waals surface area contributed by atoms with Gasteiger partial charge >= 0.3 is 0 Å². The molecule has 0 saturated carbocycles. The number of rotatable bonds is 4. The summed E-state index contributed by atoms with van der Waals surface area (Å²) < 4.78 is 5.80. The predicted molar refractivity (Wildman–Crippen MR) is 76.6 cm³/mol. The molecule has 0 aromatic heterocycles. The highest BCUT2D eigenvalue weighted by Crippen LogP contribution is 2.25. The smallest absolute Gasteiger partial charge is 0.275 e. The highest BCUT2D eigenvalue weighted by Gasteiger charge is 2.23. The van der Waals surface area contributed by atoms with Gasteiger partial charge in [0, 0.05) is 19.4 Å². The highest BCUT2D eigenvalue weighted by atomic mass is 16.5. The second-order valence-electron chi connectivity index (χ2n) is 5.75. The Kier molecular flexibility index (Phi) is 4.33. The zero-order chi connectivity index (χ0) is 13.8. The summed E-state index contributed by atoms with van der Waals surface area (Å²) in [6.07, 6.45) is 3.49. The molecule has 108 valence electrons. The molecule has 1 fully saturated rings. The molecule has 2 aliphatic rings. The topological polar surface area (TPSA) is 42.8 Å². The SMILES string of the molecule is O=C(C[NH+]1CCCC1)NC[C@H]1OCCc2ccccc21. The van der Waals surface area contributed by atoms with E-state index in [4.69, 9.17) is 4.74 Å². The molecule has 3 rings (SSSR count). The zero-order valence-corrected chi connectivity index (χ0v) is 11.9. The Bertz CT molecular complexity index is 469. The third-order valence-electron chi connectivity index (χ3n) is 4.30. The Morgan fingerprint density at radius 1 is 1.30 bits per heavy atom. The molecule has 0 bridgehead atoms. The van der Waals surface area contributed by atoms with Gasteiger partial charge < -0.3 is 15.0 Å². The summed E-state index contributed by atoms with van der Waals surface area (Å²) in [5, 5.41) is 3.04. The van der Waals surface area contributed by atoms with E-state index in [1.165, 1.54) is 28.9 Å². The minimum Gasteiger partial charge on any atom is -0.371 e. The Morgan fingerprint density at radius 2 is 2.10 bits per heavy atom. The standard InChI is InChI=1S/C16H22N2O2/c19-16(12-18-8-3-4-9-18)17-11-15-14-6-2-1-5-13(14)7-10-20-15/h1-2,5-6,15H,3-4,7-12H2,(H,17,19)/p+1/t15-/m1/s1. The van der Waals surface area contributed by atoms with Gasteiger partial charge in [0.1, 0.15) is 6.10 Å². The normalized spacial score (nSPS) is 22.5. The number of amides is 1. The fourth-order valence-electron chi connectivity index (χ4n) is 3.19. The number of hydrogen-bond donors (Lipinski definition) is 2. The van der Waals surface area contributed by atoms with Crippen molar-refractivity contribution in [1.29, 1.82) is 0 Å². The van der Waals surface area contributed by atoms with Crippen LogP contribution in [0.5, 0.6) is 0 Å². The fourth-order valence-corrected chi connectivity index (χ4v) is 3.19. The molecule has 2 heterocycles. The number of fused-ring (bicyclic) bond motifs is 1. The first-order valence-electron chi connectivity index (χ1n) is 7.62. The molecule has 4 nitrogen and oxygen atoms in total. The predicted octanol–water partition coefficient (Wildman–Crippen LogP) is 0.0953. The molecule has 1 aromatic carbocycles. The molecule has 2 aliphatic heterocycles. The van der Waals surface area contributed by atoms with Crippen molar-refractivity contribution in [2.45, 2.75) is 25.4 Å². The van der Waals surface area contributed by atoms with Gasteiger partial charge in [0.25, 0.3) is 5.91 Å². The molecular formula is C16H23N2O2+. The minimum atomic E-state index is 0.0116. The van der Waals surface area contributed by atoms with Gasteiger partial charge in [-0.2, -0.15) is 0 Å². The highest BCUT2D eigenvalue weighted by molar-refractivity contribution is 5.76. The summed E-state index contributed by atoms with van der Waals surface area (Å²) in [7, 11) is 0. The van der Waals surface area contributed by atoms with Crippen LogP contribution >= 0.6 is 0 Å². The fraction of sp³-hybridized carbons (Fsp3) is 0.562. The van der Waals surface area contributed by atoms with E-state index in [-0.39, 0.29) is 12.0 Å². The molecule has 0 spiro atoms. The molecule has 1 aromatic rings. The van der Waals surface area contributed by atoms with Crippen molar-refractivity contribution in [3.63, 3.8) is 0 Å². The van der Waals surface area contributed by atoms with E-state index in [0.717, 1.165) is 26.1 Å². The molecule has 0 unspecified atom stereocenters. The summed E-state index contributed by atoms with van der Waals surface area (Å²) in [5.41, 5.74) is 2.58. The van der Waals surface area contributed by atoms with E-state index in [0.29, 0.717) is 13.1 Å². The number of carbonyl (C=O) groups excluding carboxylic acids is 1. The van der Waals surface area contributed by atoms with Gasteiger partial charge in [-0.05, 0) is 17.5 Å². The van der Waals surface area contributed by atoms with E-state index in [2.05, 4.69) is 23.5 Å². The summed E-state index contributed by atoms with van der Waals surface area (Å²) in [6, 6.07) is 8.37. The monoisotopic (exact) mass is 275 g/mol. The summed E-state index contributed by atoms with van der Waals surface area (Å²) >= 11 is 0. The van der Waals surface area contributed by atoms with Crippen LogP contribution in [0.2, 0.25) is 0 Å². The summed E-state index contributed by atoms with van der Waals surface area (Å²) in [5.74, 6) is 0.147. The van der Waals surface area contributed by atoms with Crippen molar-refractivity contribution in [3.05, 3.63) is 35.4 Å². The van der Waals surface area contributed by atoms with Crippen LogP contribution in [-0.2, 0) is 16.0 Å². The molecule has 1 atom stereocenters. The van der Waals surface area contributed by atoms with Crippen molar-refractivity contribution < 1.29 is 14.4 Å². The number of hydrogen-bond acceptors (Lipinski definition) is 2. The van der Waals surface area contributed by atoms with Gasteiger partial charge in [0.05, 0.1) is 19.7 Å². The van der Waals surface area contributed by atoms with Crippen molar-refractivity contribution in [2.75, 3.05) is 32.8 Å². The van der Waals surface area contributed by atoms with Crippen LogP contribution in [0, 0.1) is 0 Å². The van der Waals surface area contributed by atoms with E-state index >= 15 is 0 Å². The Morgan fingerprint density at radius 3 is 2.95 bits per heavy atom. The lowest BCUT2D eigenvalue weighted by molar-refractivity contribution is -0.879. The van der Waals surface area contributed by atoms with E-state index in [9.17, 15) is 4.79 Å². The van der Waals surface area contributed by atoms with Gasteiger partial charge in [0.15, 0.2) is 6.54 Å². The third-order valence-corrected chi connectivity index (χ3v) is 4.30. The Labute approximate surface area is 120 Å². The first-order valence-corrected chi connectivity index (χ1v) is 7.62. The molecule has 0 radical (unpaired) electrons. The number of benzene rings is 1. The summed E-state index contributed by atoms with van der Waals surface area (Å²) in [6.45, 7) is 4.21. The van der Waals surface area contributed by atoms with E-state index in [1.54, 1.807) is 0 Å². The number of ether oxygens (including phenoxy) is 1. The molecule has 0 aliphatic carbocycles. The van der Waals surface area contributed by atoms with Gasteiger partial charge in [-0.1, -0.05) is 24.3 Å². The van der Waals surface area contributed by atoms with Crippen molar-refractivity contribution in [3.8, 4) is 0 Å². The van der Waals surface area contributed by atoms with E-state index in [1.807, 2.05) is 6.07 Å². The second-order valence-corrected chi connectivity index (χ2v) is 5.75. The lowest BCUT2D eigenvalue weighted by Crippen LogP contribution is -3.11. The van der Waals surface area contributed by atoms with Crippen molar-refractivity contribution in [2.24, 2.45) is 0 Å². The molecule has 1 amide bonds. The van der Waals surface area contributed by atoms with Crippen LogP contribution in [0.15, 0.2) is 24.3 Å². The summed E-state index contributed by atoms with van der Waals surface area (Å²) in [4.78, 5) is 13.4. The maximum atomic E-state index is 12.0. The lowest BCUT2D eigenvalue weighted by Gasteiger charge is -2.26. The first kappa shape index (κ1) is 13.6. The minimum absolute atomic E-state index is 0.0116. The average molecular weight is 275 g/mol. The van der Waals surface area contributed by atoms with E-state index < -0.39 is 0 Å². The van der Waals surface area contributed by atoms with Crippen molar-refractivity contribution in [1.82, 2.24) is 5.32 Å². The molecular weight excluding hydrogens is 252 g/mol. The maximum Gasteiger partial charge on any atom is 0.275 e. The zero-order valence-electron chi connectivity index (χ0n) is 11.9. The van der Waals surface area contributed by atoms with Crippen LogP contribution in [0.1, 0.15) is 30.1 Å². The number of quaternary nitrogens is 1. The third kappa shape index (κ3) is 3.19. The lowest BCUT2D eigenvalue weighted by atomic mass is 9.97. The van der Waals surface area contributed by atoms with Crippen LogP contribution in [0.25, 0.3) is 0 Å². The Hall–Kier alpha value is -1.39. The largest absolute Gasteiger partial charge is 0.371 e. The van der Waals surface area contributed by atoms with Crippen molar-refractivity contribution >= 4 is 5.91 Å². The van der Waals surface area contributed by atoms with Gasteiger partial charge in [-0.15, -0.1) is 0 Å². The van der Waals surface area contributed by atoms with Gasteiger partial charge in [-0.3, -0.25) is 4.79 Å². The average Bonchev–Trinajstić information content (AvgIpc) is 2.98. The molecule has 2 N–H and O–H groups in total.